The fourth-order valence-corrected chi connectivity index (χ4v) is 2.23. The van der Waals surface area contributed by atoms with E-state index in [9.17, 15) is 0 Å². The molecule has 0 amide bonds. The molecule has 0 saturated carbocycles. The number of pyridine rings is 1. The number of para-hydroxylation sites is 2. The van der Waals surface area contributed by atoms with Crippen LogP contribution in [0.15, 0.2) is 53.3 Å². The predicted octanol–water partition coefficient (Wildman–Crippen LogP) is 2.68. The summed E-state index contributed by atoms with van der Waals surface area (Å²) < 4.78 is 11.2. The average Bonchev–Trinajstić information content (AvgIpc) is 3.05. The van der Waals surface area contributed by atoms with Crippen LogP contribution >= 0.6 is 0 Å². The van der Waals surface area contributed by atoms with Crippen LogP contribution in [0.25, 0.3) is 11.4 Å². The third-order valence-electron chi connectivity index (χ3n) is 3.29. The number of aromatic nitrogens is 3. The number of ether oxygens (including phenoxy) is 1. The van der Waals surface area contributed by atoms with E-state index < -0.39 is 0 Å². The first-order valence-corrected chi connectivity index (χ1v) is 6.64. The zero-order valence-corrected chi connectivity index (χ0v) is 11.1. The van der Waals surface area contributed by atoms with Crippen LogP contribution < -0.4 is 10.1 Å². The zero-order valence-electron chi connectivity index (χ0n) is 11.1. The molecule has 3 aromatic rings. The van der Waals surface area contributed by atoms with E-state index in [2.05, 4.69) is 20.4 Å². The second kappa shape index (κ2) is 4.90. The number of fused-ring (bicyclic) bond motifs is 1. The van der Waals surface area contributed by atoms with Crippen molar-refractivity contribution in [2.75, 3.05) is 11.9 Å². The standard InChI is InChI=1S/C15H12N4O2/c1-2-4-12-11(3-1)17-9-13(20-12)15-18-14(19-21-15)10-5-7-16-8-6-10/h1-8,13,17H,9H2. The highest BCUT2D eigenvalue weighted by molar-refractivity contribution is 5.58. The Kier molecular flexibility index (Phi) is 2.77. The SMILES string of the molecule is c1ccc2c(c1)NCC(c1nc(-c3ccncc3)no1)O2. The maximum atomic E-state index is 5.90. The summed E-state index contributed by atoms with van der Waals surface area (Å²) in [6, 6.07) is 11.5. The molecule has 6 heteroatoms. The first-order chi connectivity index (χ1) is 10.4. The van der Waals surface area contributed by atoms with Gasteiger partial charge in [-0.15, -0.1) is 0 Å². The van der Waals surface area contributed by atoms with Crippen LogP contribution in [0.5, 0.6) is 5.75 Å². The molecule has 4 rings (SSSR count). The quantitative estimate of drug-likeness (QED) is 0.778. The molecular weight excluding hydrogens is 268 g/mol. The molecule has 0 saturated heterocycles. The molecule has 1 aliphatic heterocycles. The molecule has 1 aliphatic rings. The molecule has 21 heavy (non-hydrogen) atoms. The number of anilines is 1. The minimum Gasteiger partial charge on any atom is -0.477 e. The van der Waals surface area contributed by atoms with Gasteiger partial charge in [-0.3, -0.25) is 4.98 Å². The molecule has 2 aromatic heterocycles. The lowest BCUT2D eigenvalue weighted by Crippen LogP contribution is -2.23. The topological polar surface area (TPSA) is 73.1 Å². The Bertz CT molecular complexity index is 757. The van der Waals surface area contributed by atoms with Gasteiger partial charge < -0.3 is 14.6 Å². The number of rotatable bonds is 2. The Hall–Kier alpha value is -2.89. The van der Waals surface area contributed by atoms with E-state index in [1.165, 1.54) is 0 Å². The average molecular weight is 280 g/mol. The Balaban J connectivity index is 1.60. The summed E-state index contributed by atoms with van der Waals surface area (Å²) in [5.41, 5.74) is 1.84. The number of hydrogen-bond acceptors (Lipinski definition) is 6. The van der Waals surface area contributed by atoms with Gasteiger partial charge in [0.15, 0.2) is 6.10 Å². The Labute approximate surface area is 120 Å². The van der Waals surface area contributed by atoms with Gasteiger partial charge in [-0.25, -0.2) is 0 Å². The summed E-state index contributed by atoms with van der Waals surface area (Å²) in [5, 5.41) is 7.29. The summed E-state index contributed by atoms with van der Waals surface area (Å²) in [6.45, 7) is 0.592. The molecule has 0 bridgehead atoms. The van der Waals surface area contributed by atoms with Gasteiger partial charge in [-0.1, -0.05) is 17.3 Å². The van der Waals surface area contributed by atoms with Crippen molar-refractivity contribution in [3.05, 3.63) is 54.7 Å². The van der Waals surface area contributed by atoms with Crippen molar-refractivity contribution in [3.63, 3.8) is 0 Å². The molecule has 0 spiro atoms. The van der Waals surface area contributed by atoms with Crippen molar-refractivity contribution in [3.8, 4) is 17.1 Å². The van der Waals surface area contributed by atoms with Gasteiger partial charge in [0.05, 0.1) is 12.2 Å². The third-order valence-corrected chi connectivity index (χ3v) is 3.29. The van der Waals surface area contributed by atoms with Crippen molar-refractivity contribution >= 4 is 5.69 Å². The normalized spacial score (nSPS) is 16.7. The molecular formula is C15H12N4O2. The second-order valence-corrected chi connectivity index (χ2v) is 4.68. The minimum absolute atomic E-state index is 0.289. The van der Waals surface area contributed by atoms with Crippen molar-refractivity contribution in [2.24, 2.45) is 0 Å². The zero-order chi connectivity index (χ0) is 14.1. The van der Waals surface area contributed by atoms with E-state index in [1.807, 2.05) is 36.4 Å². The highest BCUT2D eigenvalue weighted by Gasteiger charge is 2.26. The van der Waals surface area contributed by atoms with E-state index in [0.717, 1.165) is 17.0 Å². The molecule has 3 heterocycles. The van der Waals surface area contributed by atoms with Gasteiger partial charge >= 0.3 is 0 Å². The van der Waals surface area contributed by atoms with Crippen molar-refractivity contribution in [1.82, 2.24) is 15.1 Å². The van der Waals surface area contributed by atoms with Gasteiger partial charge in [0.1, 0.15) is 5.75 Å². The molecule has 1 N–H and O–H groups in total. The Morgan fingerprint density at radius 2 is 1.95 bits per heavy atom. The van der Waals surface area contributed by atoms with Gasteiger partial charge in [-0.05, 0) is 24.3 Å². The summed E-state index contributed by atoms with van der Waals surface area (Å²) >= 11 is 0. The van der Waals surface area contributed by atoms with Gasteiger partial charge in [0.2, 0.25) is 5.82 Å². The molecule has 1 atom stereocenters. The fraction of sp³-hybridized carbons (Fsp3) is 0.133. The van der Waals surface area contributed by atoms with E-state index >= 15 is 0 Å². The second-order valence-electron chi connectivity index (χ2n) is 4.68. The van der Waals surface area contributed by atoms with Gasteiger partial charge in [-0.2, -0.15) is 4.98 Å². The monoisotopic (exact) mass is 280 g/mol. The molecule has 0 fully saturated rings. The van der Waals surface area contributed by atoms with Crippen LogP contribution in [-0.2, 0) is 0 Å². The number of benzene rings is 1. The summed E-state index contributed by atoms with van der Waals surface area (Å²) in [5.74, 6) is 1.79. The summed E-state index contributed by atoms with van der Waals surface area (Å²) in [6.07, 6.45) is 3.10. The summed E-state index contributed by atoms with van der Waals surface area (Å²) in [4.78, 5) is 8.38. The molecule has 1 unspecified atom stereocenters. The van der Waals surface area contributed by atoms with E-state index in [4.69, 9.17) is 9.26 Å². The van der Waals surface area contributed by atoms with E-state index in [0.29, 0.717) is 18.3 Å². The summed E-state index contributed by atoms with van der Waals surface area (Å²) in [7, 11) is 0. The molecule has 6 nitrogen and oxygen atoms in total. The molecule has 104 valence electrons. The van der Waals surface area contributed by atoms with Crippen molar-refractivity contribution < 1.29 is 9.26 Å². The Morgan fingerprint density at radius 1 is 1.10 bits per heavy atom. The van der Waals surface area contributed by atoms with Crippen LogP contribution in [0, 0.1) is 0 Å². The highest BCUT2D eigenvalue weighted by Crippen LogP contribution is 2.33. The van der Waals surface area contributed by atoms with E-state index in [1.54, 1.807) is 12.4 Å². The van der Waals surface area contributed by atoms with Crippen LogP contribution in [0.4, 0.5) is 5.69 Å². The largest absolute Gasteiger partial charge is 0.477 e. The van der Waals surface area contributed by atoms with Crippen LogP contribution in [0.1, 0.15) is 12.0 Å². The third kappa shape index (κ3) is 2.20. The van der Waals surface area contributed by atoms with Crippen LogP contribution in [0.3, 0.4) is 0 Å². The van der Waals surface area contributed by atoms with Crippen LogP contribution in [-0.4, -0.2) is 21.7 Å². The minimum atomic E-state index is -0.289. The van der Waals surface area contributed by atoms with Gasteiger partial charge in [0, 0.05) is 18.0 Å². The first-order valence-electron chi connectivity index (χ1n) is 6.64. The van der Waals surface area contributed by atoms with Crippen molar-refractivity contribution in [1.29, 1.82) is 0 Å². The lowest BCUT2D eigenvalue weighted by Gasteiger charge is -2.24. The van der Waals surface area contributed by atoms with Gasteiger partial charge in [0.25, 0.3) is 5.89 Å². The maximum Gasteiger partial charge on any atom is 0.269 e. The first kappa shape index (κ1) is 11.9. The maximum absolute atomic E-state index is 5.90. The lowest BCUT2D eigenvalue weighted by atomic mass is 10.2. The lowest BCUT2D eigenvalue weighted by molar-refractivity contribution is 0.163. The highest BCUT2D eigenvalue weighted by atomic mass is 16.5. The number of nitrogens with one attached hydrogen (secondary N) is 1. The number of hydrogen-bond donors (Lipinski definition) is 1. The fourth-order valence-electron chi connectivity index (χ4n) is 2.23. The number of nitrogens with zero attached hydrogens (tertiary/aromatic N) is 3. The smallest absolute Gasteiger partial charge is 0.269 e. The molecule has 1 aromatic carbocycles. The predicted molar refractivity (Wildman–Crippen MR) is 75.8 cm³/mol. The Morgan fingerprint density at radius 3 is 2.86 bits per heavy atom. The van der Waals surface area contributed by atoms with E-state index in [-0.39, 0.29) is 6.10 Å². The van der Waals surface area contributed by atoms with Crippen molar-refractivity contribution in [2.45, 2.75) is 6.10 Å². The van der Waals surface area contributed by atoms with Crippen LogP contribution in [0.2, 0.25) is 0 Å². The molecule has 0 radical (unpaired) electrons. The molecule has 0 aliphatic carbocycles.